The number of amides is 1. The molecule has 6 rings (SSSR count). The third-order valence-electron chi connectivity index (χ3n) is 8.58. The number of fused-ring (bicyclic) bond motifs is 1. The van der Waals surface area contributed by atoms with Crippen LogP contribution in [0, 0.1) is 26.7 Å². The predicted molar refractivity (Wildman–Crippen MR) is 145 cm³/mol. The number of hydrogen-bond donors (Lipinski definition) is 2. The summed E-state index contributed by atoms with van der Waals surface area (Å²) in [5.41, 5.74) is 1.22. The van der Waals surface area contributed by atoms with Crippen LogP contribution in [0.2, 0.25) is 0 Å². The summed E-state index contributed by atoms with van der Waals surface area (Å²) in [5.74, 6) is -0.751. The normalized spacial score (nSPS) is 30.6. The minimum absolute atomic E-state index is 0.364. The van der Waals surface area contributed by atoms with E-state index in [2.05, 4.69) is 11.4 Å². The van der Waals surface area contributed by atoms with Crippen LogP contribution in [0.1, 0.15) is 46.2 Å². The lowest BCUT2D eigenvalue weighted by Gasteiger charge is -2.42. The number of nitrogens with one attached hydrogen (secondary N) is 1. The highest BCUT2D eigenvalue weighted by Crippen LogP contribution is 2.74. The van der Waals surface area contributed by atoms with Gasteiger partial charge in [0.1, 0.15) is 11.7 Å². The Hall–Kier alpha value is -3.68. The van der Waals surface area contributed by atoms with Crippen LogP contribution in [0.15, 0.2) is 71.7 Å². The minimum Gasteiger partial charge on any atom is -0.478 e. The van der Waals surface area contributed by atoms with Gasteiger partial charge in [-0.05, 0) is 56.0 Å². The van der Waals surface area contributed by atoms with Crippen molar-refractivity contribution in [2.24, 2.45) is 10.9 Å². The summed E-state index contributed by atoms with van der Waals surface area (Å²) in [5, 5.41) is 17.4. The van der Waals surface area contributed by atoms with E-state index in [4.69, 9.17) is 14.6 Å². The van der Waals surface area contributed by atoms with Crippen molar-refractivity contribution in [3.05, 3.63) is 100 Å². The molecule has 1 amide bonds. The van der Waals surface area contributed by atoms with Crippen LogP contribution in [0.3, 0.4) is 0 Å². The molecule has 2 aliphatic heterocycles. The summed E-state index contributed by atoms with van der Waals surface area (Å²) in [6.45, 7) is 7.91. The van der Waals surface area contributed by atoms with Gasteiger partial charge >= 0.3 is 0 Å². The molecule has 7 heteroatoms. The van der Waals surface area contributed by atoms with E-state index in [-0.39, 0.29) is 5.91 Å². The van der Waals surface area contributed by atoms with Crippen molar-refractivity contribution in [3.63, 3.8) is 0 Å². The Balaban J connectivity index is 1.79. The first-order valence-electron chi connectivity index (χ1n) is 12.9. The number of hydrogen-bond acceptors (Lipinski definition) is 6. The number of ether oxygens (including phenoxy) is 1. The third-order valence-corrected chi connectivity index (χ3v) is 8.58. The molecule has 1 fully saturated rings. The van der Waals surface area contributed by atoms with E-state index in [1.165, 1.54) is 12.2 Å². The van der Waals surface area contributed by atoms with Crippen molar-refractivity contribution in [1.29, 1.82) is 0 Å². The molecule has 3 aromatic rings. The van der Waals surface area contributed by atoms with Crippen LogP contribution in [0.25, 0.3) is 0 Å². The van der Waals surface area contributed by atoms with E-state index >= 15 is 0 Å². The number of nitrogens with zero attached hydrogens (tertiary/aromatic N) is 2. The molecule has 38 heavy (non-hydrogen) atoms. The second-order valence-corrected chi connectivity index (χ2v) is 10.8. The van der Waals surface area contributed by atoms with Crippen molar-refractivity contribution in [2.75, 3.05) is 14.2 Å². The first kappa shape index (κ1) is 24.6. The smallest absolute Gasteiger partial charge is 0.254 e. The van der Waals surface area contributed by atoms with Crippen LogP contribution in [-0.2, 0) is 20.8 Å². The summed E-state index contributed by atoms with van der Waals surface area (Å²) in [6, 6.07) is 22.1. The fraction of sp³-hybridized carbons (Fsp3) is 0.355. The molecule has 0 unspecified atom stereocenters. The van der Waals surface area contributed by atoms with Gasteiger partial charge in [0.15, 0.2) is 16.9 Å². The van der Waals surface area contributed by atoms with Gasteiger partial charge in [0.05, 0.1) is 12.9 Å². The number of amidine groups is 1. The molecule has 0 radical (unpaired) electrons. The molecule has 1 aliphatic carbocycles. The van der Waals surface area contributed by atoms with Crippen LogP contribution in [0.4, 0.5) is 0 Å². The van der Waals surface area contributed by atoms with Crippen LogP contribution >= 0.6 is 0 Å². The molecule has 1 spiro atoms. The van der Waals surface area contributed by atoms with Gasteiger partial charge in [0.2, 0.25) is 0 Å². The number of carbonyl (C=O) groups is 1. The SMILES string of the molecule is CON(C)C(=O)[C@@H]1[C@@H](c2ccccc2)[C@]2(c3ccc(C)cc3)Oc3cc(C)cc(C)c3[C@@]23N=C(C)N[C@@]13O. The maximum absolute atomic E-state index is 14.2. The largest absolute Gasteiger partial charge is 0.478 e. The molecule has 196 valence electrons. The van der Waals surface area contributed by atoms with Crippen molar-refractivity contribution >= 4 is 11.7 Å². The predicted octanol–water partition coefficient (Wildman–Crippen LogP) is 4.24. The zero-order chi connectivity index (χ0) is 27.0. The Bertz CT molecular complexity index is 1470. The molecule has 7 nitrogen and oxygen atoms in total. The second kappa shape index (κ2) is 8.16. The van der Waals surface area contributed by atoms with Crippen molar-refractivity contribution in [2.45, 2.75) is 50.5 Å². The molecular formula is C31H33N3O4. The average molecular weight is 512 g/mol. The molecular weight excluding hydrogens is 478 g/mol. The topological polar surface area (TPSA) is 83.4 Å². The standard InChI is InChI=1S/C31H33N3O4/c1-18-12-14-23(15-13-18)29-26(22-10-8-7-9-11-22)27(28(35)34(5)37-6)31(36)30(29,32-21(4)33-31)25-20(3)16-19(2)17-24(25)38-29/h7-17,26-27,36H,1-6H3,(H,32,33)/t26-,27+,29+,30-,31-/m1/s1. The van der Waals surface area contributed by atoms with Gasteiger partial charge in [-0.2, -0.15) is 0 Å². The molecule has 0 aromatic heterocycles. The fourth-order valence-corrected chi connectivity index (χ4v) is 7.26. The van der Waals surface area contributed by atoms with E-state index in [0.29, 0.717) is 11.6 Å². The van der Waals surface area contributed by atoms with E-state index in [1.54, 1.807) is 7.05 Å². The van der Waals surface area contributed by atoms with E-state index < -0.39 is 28.7 Å². The van der Waals surface area contributed by atoms with Crippen LogP contribution < -0.4 is 10.1 Å². The van der Waals surface area contributed by atoms with Gasteiger partial charge < -0.3 is 15.2 Å². The van der Waals surface area contributed by atoms with Gasteiger partial charge in [-0.3, -0.25) is 14.6 Å². The average Bonchev–Trinajstić information content (AvgIpc) is 3.39. The monoisotopic (exact) mass is 511 g/mol. The van der Waals surface area contributed by atoms with Gasteiger partial charge in [0.25, 0.3) is 5.91 Å². The van der Waals surface area contributed by atoms with Gasteiger partial charge in [-0.1, -0.05) is 66.2 Å². The molecule has 5 atom stereocenters. The number of aliphatic imine (C=N–C) groups is 1. The summed E-state index contributed by atoms with van der Waals surface area (Å²) in [6.07, 6.45) is 0. The Morgan fingerprint density at radius 2 is 1.71 bits per heavy atom. The molecule has 0 saturated heterocycles. The summed E-state index contributed by atoms with van der Waals surface area (Å²) in [4.78, 5) is 24.8. The molecule has 1 saturated carbocycles. The van der Waals surface area contributed by atoms with Crippen molar-refractivity contribution in [1.82, 2.24) is 10.4 Å². The van der Waals surface area contributed by atoms with Crippen LogP contribution in [-0.4, -0.2) is 41.8 Å². The maximum Gasteiger partial charge on any atom is 0.254 e. The maximum atomic E-state index is 14.2. The molecule has 3 aromatic carbocycles. The van der Waals surface area contributed by atoms with Gasteiger partial charge in [-0.15, -0.1) is 0 Å². The fourth-order valence-electron chi connectivity index (χ4n) is 7.26. The number of carbonyl (C=O) groups excluding carboxylic acids is 1. The lowest BCUT2D eigenvalue weighted by Crippen LogP contribution is -2.62. The number of aliphatic hydroxyl groups is 1. The first-order valence-corrected chi connectivity index (χ1v) is 12.9. The zero-order valence-corrected chi connectivity index (χ0v) is 22.6. The highest BCUT2D eigenvalue weighted by molar-refractivity contribution is 5.91. The van der Waals surface area contributed by atoms with E-state index in [9.17, 15) is 9.90 Å². The highest BCUT2D eigenvalue weighted by Gasteiger charge is 2.86. The van der Waals surface area contributed by atoms with Gasteiger partial charge in [0, 0.05) is 18.5 Å². The van der Waals surface area contributed by atoms with Crippen molar-refractivity contribution in [3.8, 4) is 5.75 Å². The zero-order valence-electron chi connectivity index (χ0n) is 22.6. The second-order valence-electron chi connectivity index (χ2n) is 10.8. The number of hydroxylamine groups is 2. The minimum atomic E-state index is -1.81. The van der Waals surface area contributed by atoms with Crippen LogP contribution in [0.5, 0.6) is 5.75 Å². The molecule has 2 heterocycles. The molecule has 3 aliphatic rings. The quantitative estimate of drug-likeness (QED) is 0.512. The summed E-state index contributed by atoms with van der Waals surface area (Å²) < 4.78 is 7.17. The first-order chi connectivity index (χ1) is 18.1. The Morgan fingerprint density at radius 1 is 1.03 bits per heavy atom. The Morgan fingerprint density at radius 3 is 2.37 bits per heavy atom. The molecule has 0 bridgehead atoms. The lowest BCUT2D eigenvalue weighted by molar-refractivity contribution is -0.184. The number of aryl methyl sites for hydroxylation is 3. The van der Waals surface area contributed by atoms with E-state index in [1.807, 2.05) is 88.4 Å². The Labute approximate surface area is 223 Å². The number of rotatable bonds is 4. The number of benzene rings is 3. The highest BCUT2D eigenvalue weighted by atomic mass is 16.7. The third kappa shape index (κ3) is 2.86. The Kier molecular flexibility index (Phi) is 5.29. The summed E-state index contributed by atoms with van der Waals surface area (Å²) >= 11 is 0. The van der Waals surface area contributed by atoms with Crippen molar-refractivity contribution < 1.29 is 19.5 Å². The van der Waals surface area contributed by atoms with Gasteiger partial charge in [-0.25, -0.2) is 5.06 Å². The van der Waals surface area contributed by atoms with E-state index in [0.717, 1.165) is 33.4 Å². The lowest BCUT2D eigenvalue weighted by atomic mass is 9.68. The summed E-state index contributed by atoms with van der Waals surface area (Å²) in [7, 11) is 3.02. The molecule has 2 N–H and O–H groups in total.